The molecule has 3 rings (SSSR count). The predicted molar refractivity (Wildman–Crippen MR) is 137 cm³/mol. The molecule has 0 aliphatic rings. The van der Waals surface area contributed by atoms with Gasteiger partial charge in [-0.3, -0.25) is 9.59 Å². The first-order chi connectivity index (χ1) is 16.7. The molecule has 0 heterocycles. The van der Waals surface area contributed by atoms with Crippen molar-refractivity contribution < 1.29 is 23.8 Å². The Hall–Kier alpha value is -3.71. The molecule has 0 unspecified atom stereocenters. The van der Waals surface area contributed by atoms with Gasteiger partial charge in [0.15, 0.2) is 17.1 Å². The molecule has 2 N–H and O–H groups in total. The maximum Gasteiger partial charge on any atom is 0.267 e. The number of para-hydroxylation sites is 1. The minimum Gasteiger partial charge on any atom is -0.493 e. The number of hydrogen-bond donors (Lipinski definition) is 2. The average Bonchev–Trinajstić information content (AvgIpc) is 2.85. The standard InChI is InChI=1S/C27H29ClN2O5/c1-27(2,35-20-12-10-19(28)11-13-20)26(32)30-22-8-6-5-7-21(22)25(31)29-16-15-18-9-14-23(33-3)24(17-18)34-4/h5-14,17H,15-16H2,1-4H3,(H,29,31)(H,30,32). The first-order valence-electron chi connectivity index (χ1n) is 11.1. The molecule has 184 valence electrons. The van der Waals surface area contributed by atoms with Crippen molar-refractivity contribution in [3.63, 3.8) is 0 Å². The summed E-state index contributed by atoms with van der Waals surface area (Å²) in [6, 6.07) is 19.2. The van der Waals surface area contributed by atoms with Gasteiger partial charge < -0.3 is 24.8 Å². The van der Waals surface area contributed by atoms with Crippen LogP contribution in [0.4, 0.5) is 5.69 Å². The summed E-state index contributed by atoms with van der Waals surface area (Å²) < 4.78 is 16.4. The van der Waals surface area contributed by atoms with Crippen LogP contribution < -0.4 is 24.8 Å². The van der Waals surface area contributed by atoms with Crippen LogP contribution in [-0.2, 0) is 11.2 Å². The Labute approximate surface area is 210 Å². The Bertz CT molecular complexity index is 1180. The molecular weight excluding hydrogens is 468 g/mol. The van der Waals surface area contributed by atoms with Crippen molar-refractivity contribution in [2.75, 3.05) is 26.1 Å². The van der Waals surface area contributed by atoms with Crippen LogP contribution >= 0.6 is 11.6 Å². The van der Waals surface area contributed by atoms with Crippen molar-refractivity contribution in [3.8, 4) is 17.2 Å². The lowest BCUT2D eigenvalue weighted by molar-refractivity contribution is -0.128. The molecule has 7 nitrogen and oxygen atoms in total. The van der Waals surface area contributed by atoms with Crippen molar-refractivity contribution in [3.05, 3.63) is 82.9 Å². The summed E-state index contributed by atoms with van der Waals surface area (Å²) in [5.41, 5.74) is 0.556. The van der Waals surface area contributed by atoms with Gasteiger partial charge in [-0.2, -0.15) is 0 Å². The SMILES string of the molecule is COc1ccc(CCNC(=O)c2ccccc2NC(=O)C(C)(C)Oc2ccc(Cl)cc2)cc1OC. The van der Waals surface area contributed by atoms with E-state index < -0.39 is 11.5 Å². The molecule has 0 fully saturated rings. The monoisotopic (exact) mass is 496 g/mol. The molecule has 0 atom stereocenters. The van der Waals surface area contributed by atoms with Gasteiger partial charge in [0.2, 0.25) is 0 Å². The molecule has 0 aliphatic heterocycles. The second-order valence-corrected chi connectivity index (χ2v) is 8.70. The fourth-order valence-corrected chi connectivity index (χ4v) is 3.48. The van der Waals surface area contributed by atoms with Gasteiger partial charge in [0.1, 0.15) is 5.75 Å². The van der Waals surface area contributed by atoms with E-state index in [1.54, 1.807) is 76.6 Å². The third-order valence-electron chi connectivity index (χ3n) is 5.30. The van der Waals surface area contributed by atoms with E-state index in [0.29, 0.717) is 46.5 Å². The molecule has 0 saturated heterocycles. The van der Waals surface area contributed by atoms with E-state index in [-0.39, 0.29) is 5.91 Å². The maximum atomic E-state index is 13.0. The number of amides is 2. The molecular formula is C27H29ClN2O5. The Morgan fingerprint density at radius 3 is 2.29 bits per heavy atom. The van der Waals surface area contributed by atoms with Gasteiger partial charge in [0.05, 0.1) is 25.5 Å². The number of methoxy groups -OCH3 is 2. The van der Waals surface area contributed by atoms with E-state index in [4.69, 9.17) is 25.8 Å². The summed E-state index contributed by atoms with van der Waals surface area (Å²) in [5, 5.41) is 6.30. The fourth-order valence-electron chi connectivity index (χ4n) is 3.36. The summed E-state index contributed by atoms with van der Waals surface area (Å²) in [4.78, 5) is 25.9. The summed E-state index contributed by atoms with van der Waals surface area (Å²) in [7, 11) is 3.16. The second kappa shape index (κ2) is 11.6. The number of halogens is 1. The minimum atomic E-state index is -1.19. The lowest BCUT2D eigenvalue weighted by Crippen LogP contribution is -2.43. The smallest absolute Gasteiger partial charge is 0.267 e. The topological polar surface area (TPSA) is 85.9 Å². The van der Waals surface area contributed by atoms with Gasteiger partial charge in [-0.15, -0.1) is 0 Å². The van der Waals surface area contributed by atoms with Gasteiger partial charge in [-0.25, -0.2) is 0 Å². The van der Waals surface area contributed by atoms with Crippen LogP contribution in [-0.4, -0.2) is 38.2 Å². The molecule has 3 aromatic carbocycles. The van der Waals surface area contributed by atoms with E-state index in [9.17, 15) is 9.59 Å². The van der Waals surface area contributed by atoms with Crippen LogP contribution in [0.5, 0.6) is 17.2 Å². The third-order valence-corrected chi connectivity index (χ3v) is 5.55. The summed E-state index contributed by atoms with van der Waals surface area (Å²) in [6.45, 7) is 3.72. The molecule has 3 aromatic rings. The number of carbonyl (C=O) groups excluding carboxylic acids is 2. The molecule has 35 heavy (non-hydrogen) atoms. The van der Waals surface area contributed by atoms with E-state index in [1.807, 2.05) is 18.2 Å². The quantitative estimate of drug-likeness (QED) is 0.406. The highest BCUT2D eigenvalue weighted by Crippen LogP contribution is 2.28. The van der Waals surface area contributed by atoms with Crippen LogP contribution in [0.2, 0.25) is 5.02 Å². The molecule has 8 heteroatoms. The zero-order valence-electron chi connectivity index (χ0n) is 20.2. The van der Waals surface area contributed by atoms with E-state index >= 15 is 0 Å². The van der Waals surface area contributed by atoms with Crippen LogP contribution in [0.15, 0.2) is 66.7 Å². The van der Waals surface area contributed by atoms with Crippen LogP contribution in [0, 0.1) is 0 Å². The Morgan fingerprint density at radius 1 is 0.914 bits per heavy atom. The first kappa shape index (κ1) is 25.9. The highest BCUT2D eigenvalue weighted by atomic mass is 35.5. The largest absolute Gasteiger partial charge is 0.493 e. The summed E-state index contributed by atoms with van der Waals surface area (Å²) in [5.74, 6) is 1.10. The number of nitrogens with one attached hydrogen (secondary N) is 2. The lowest BCUT2D eigenvalue weighted by Gasteiger charge is -2.26. The fraction of sp³-hybridized carbons (Fsp3) is 0.259. The maximum absolute atomic E-state index is 13.0. The molecule has 2 amide bonds. The molecule has 0 aliphatic carbocycles. The zero-order chi connectivity index (χ0) is 25.4. The van der Waals surface area contributed by atoms with Gasteiger partial charge in [0, 0.05) is 11.6 Å². The Balaban J connectivity index is 1.63. The minimum absolute atomic E-state index is 0.294. The van der Waals surface area contributed by atoms with Crippen LogP contribution in [0.25, 0.3) is 0 Å². The van der Waals surface area contributed by atoms with Crippen molar-refractivity contribution >= 4 is 29.1 Å². The zero-order valence-corrected chi connectivity index (χ0v) is 20.9. The average molecular weight is 497 g/mol. The molecule has 0 aromatic heterocycles. The van der Waals surface area contributed by atoms with Gasteiger partial charge in [0.25, 0.3) is 11.8 Å². The number of carbonyl (C=O) groups is 2. The Morgan fingerprint density at radius 2 is 1.60 bits per heavy atom. The highest BCUT2D eigenvalue weighted by molar-refractivity contribution is 6.30. The van der Waals surface area contributed by atoms with E-state index in [2.05, 4.69) is 10.6 Å². The van der Waals surface area contributed by atoms with Crippen molar-refractivity contribution in [1.29, 1.82) is 0 Å². The van der Waals surface area contributed by atoms with E-state index in [1.165, 1.54) is 0 Å². The molecule has 0 radical (unpaired) electrons. The summed E-state index contributed by atoms with van der Waals surface area (Å²) in [6.07, 6.45) is 0.600. The van der Waals surface area contributed by atoms with Crippen LogP contribution in [0.3, 0.4) is 0 Å². The number of benzene rings is 3. The first-order valence-corrected chi connectivity index (χ1v) is 11.5. The predicted octanol–water partition coefficient (Wildman–Crippen LogP) is 5.13. The highest BCUT2D eigenvalue weighted by Gasteiger charge is 2.31. The normalized spacial score (nSPS) is 10.9. The van der Waals surface area contributed by atoms with Crippen molar-refractivity contribution in [1.82, 2.24) is 5.32 Å². The molecule has 0 spiro atoms. The number of ether oxygens (including phenoxy) is 3. The summed E-state index contributed by atoms with van der Waals surface area (Å²) >= 11 is 5.91. The molecule has 0 bridgehead atoms. The number of anilines is 1. The van der Waals surface area contributed by atoms with Gasteiger partial charge in [-0.1, -0.05) is 29.8 Å². The van der Waals surface area contributed by atoms with Crippen LogP contribution in [0.1, 0.15) is 29.8 Å². The van der Waals surface area contributed by atoms with E-state index in [0.717, 1.165) is 5.56 Å². The Kier molecular flexibility index (Phi) is 8.60. The van der Waals surface area contributed by atoms with Crippen molar-refractivity contribution in [2.45, 2.75) is 25.9 Å². The molecule has 0 saturated carbocycles. The third kappa shape index (κ3) is 6.90. The number of rotatable bonds is 10. The van der Waals surface area contributed by atoms with Crippen molar-refractivity contribution in [2.24, 2.45) is 0 Å². The van der Waals surface area contributed by atoms with Gasteiger partial charge >= 0.3 is 0 Å². The van der Waals surface area contributed by atoms with Gasteiger partial charge in [-0.05, 0) is 74.4 Å². The number of hydrogen-bond acceptors (Lipinski definition) is 5. The second-order valence-electron chi connectivity index (χ2n) is 8.26. The lowest BCUT2D eigenvalue weighted by atomic mass is 10.1.